The van der Waals surface area contributed by atoms with Gasteiger partial charge in [0.2, 0.25) is 0 Å². The van der Waals surface area contributed by atoms with E-state index in [2.05, 4.69) is 47.6 Å². The molecular formula is C36H62O8. The third kappa shape index (κ3) is 5.45. The van der Waals surface area contributed by atoms with Crippen molar-refractivity contribution in [2.24, 2.45) is 45.3 Å². The second-order valence-corrected chi connectivity index (χ2v) is 17.4. The Hall–Kier alpha value is -0.580. The van der Waals surface area contributed by atoms with Gasteiger partial charge in [0.1, 0.15) is 24.4 Å². The maximum Gasteiger partial charge on any atom is 0.186 e. The van der Waals surface area contributed by atoms with Crippen LogP contribution in [0, 0.1) is 45.3 Å². The van der Waals surface area contributed by atoms with Gasteiger partial charge in [-0.05, 0) is 124 Å². The summed E-state index contributed by atoms with van der Waals surface area (Å²) in [5.74, 6) is 1.32. The first-order chi connectivity index (χ1) is 20.3. The third-order valence-corrected chi connectivity index (χ3v) is 14.3. The molecule has 0 radical (unpaired) electrons. The highest BCUT2D eigenvalue weighted by Crippen LogP contribution is 2.75. The summed E-state index contributed by atoms with van der Waals surface area (Å²) >= 11 is 0. The molecule has 2 unspecified atom stereocenters. The number of rotatable bonds is 7. The molecule has 0 aromatic carbocycles. The Kier molecular flexibility index (Phi) is 9.35. The van der Waals surface area contributed by atoms with Gasteiger partial charge in [0.05, 0.1) is 24.4 Å². The smallest absolute Gasteiger partial charge is 0.186 e. The van der Waals surface area contributed by atoms with Gasteiger partial charge < -0.3 is 40.1 Å². The van der Waals surface area contributed by atoms with Crippen molar-refractivity contribution in [3.63, 3.8) is 0 Å². The van der Waals surface area contributed by atoms with Crippen molar-refractivity contribution < 1.29 is 40.1 Å². The van der Waals surface area contributed by atoms with Crippen molar-refractivity contribution in [2.45, 2.75) is 162 Å². The van der Waals surface area contributed by atoms with E-state index in [1.165, 1.54) is 5.57 Å². The van der Waals surface area contributed by atoms with Crippen molar-refractivity contribution in [3.05, 3.63) is 11.6 Å². The summed E-state index contributed by atoms with van der Waals surface area (Å²) in [6.45, 7) is 17.4. The zero-order valence-corrected chi connectivity index (χ0v) is 28.5. The van der Waals surface area contributed by atoms with Gasteiger partial charge in [-0.25, -0.2) is 0 Å². The molecule has 8 heteroatoms. The van der Waals surface area contributed by atoms with Crippen LogP contribution in [0.2, 0.25) is 0 Å². The van der Waals surface area contributed by atoms with Crippen LogP contribution >= 0.6 is 0 Å². The first-order valence-electron chi connectivity index (χ1n) is 17.3. The van der Waals surface area contributed by atoms with Crippen LogP contribution in [0.1, 0.15) is 113 Å². The zero-order chi connectivity index (χ0) is 32.6. The van der Waals surface area contributed by atoms with E-state index in [9.17, 15) is 30.6 Å². The van der Waals surface area contributed by atoms with Crippen molar-refractivity contribution >= 4 is 0 Å². The fourth-order valence-electron chi connectivity index (χ4n) is 11.6. The normalized spacial score (nSPS) is 51.0. The highest BCUT2D eigenvalue weighted by molar-refractivity contribution is 5.22. The van der Waals surface area contributed by atoms with Gasteiger partial charge in [-0.2, -0.15) is 0 Å². The predicted molar refractivity (Wildman–Crippen MR) is 168 cm³/mol. The maximum absolute atomic E-state index is 12.0. The average Bonchev–Trinajstić information content (AvgIpc) is 3.31. The molecule has 1 aliphatic heterocycles. The number of aliphatic hydroxyl groups excluding tert-OH is 5. The van der Waals surface area contributed by atoms with E-state index in [0.717, 1.165) is 57.8 Å². The standard InChI is InChI=1S/C36H62O8/c1-20(10-9-14-32(2,3)42)21-11-16-36(8)27(21)22(38)18-25-34(6)15-13-26(33(4,5)24(34)12-17-35(25,36)7)44-31-30(41)29(40)28(39)23(19-37)43-31/h10,21-31,37-42H,9,11-19H2,1-8H3/b20-10+/t21-,22+,23-,24?,25?,26-,27-,28-,29+,30-,31+,34+,35-,36+/m1/s1. The molecule has 0 amide bonds. The molecule has 4 aliphatic carbocycles. The molecule has 5 fully saturated rings. The number of allylic oxidation sites excluding steroid dienone is 2. The first-order valence-corrected chi connectivity index (χ1v) is 17.3. The van der Waals surface area contributed by atoms with E-state index < -0.39 is 42.9 Å². The summed E-state index contributed by atoms with van der Waals surface area (Å²) in [5, 5.41) is 63.2. The molecule has 0 aromatic heterocycles. The van der Waals surface area contributed by atoms with Crippen LogP contribution < -0.4 is 0 Å². The lowest BCUT2D eigenvalue weighted by Gasteiger charge is -2.70. The van der Waals surface area contributed by atoms with Gasteiger partial charge >= 0.3 is 0 Å². The Morgan fingerprint density at radius 2 is 1.55 bits per heavy atom. The number of fused-ring (bicyclic) bond motifs is 5. The first kappa shape index (κ1) is 34.7. The van der Waals surface area contributed by atoms with E-state index in [-0.39, 0.29) is 39.8 Å². The van der Waals surface area contributed by atoms with Gasteiger partial charge in [-0.1, -0.05) is 46.3 Å². The molecular weight excluding hydrogens is 560 g/mol. The fraction of sp³-hybridized carbons (Fsp3) is 0.944. The number of hydrogen-bond acceptors (Lipinski definition) is 8. The Morgan fingerprint density at radius 3 is 2.18 bits per heavy atom. The zero-order valence-electron chi connectivity index (χ0n) is 28.5. The van der Waals surface area contributed by atoms with Crippen LogP contribution in [0.4, 0.5) is 0 Å². The van der Waals surface area contributed by atoms with Gasteiger partial charge in [0.25, 0.3) is 0 Å². The molecule has 1 heterocycles. The van der Waals surface area contributed by atoms with Gasteiger partial charge in [0.15, 0.2) is 6.29 Å². The second kappa shape index (κ2) is 11.8. The summed E-state index contributed by atoms with van der Waals surface area (Å²) in [4.78, 5) is 0. The van der Waals surface area contributed by atoms with E-state index in [4.69, 9.17) is 9.47 Å². The average molecular weight is 623 g/mol. The predicted octanol–water partition coefficient (Wildman–Crippen LogP) is 4.32. The highest BCUT2D eigenvalue weighted by atomic mass is 16.7. The van der Waals surface area contributed by atoms with E-state index in [1.807, 2.05) is 13.8 Å². The summed E-state index contributed by atoms with van der Waals surface area (Å²) in [7, 11) is 0. The largest absolute Gasteiger partial charge is 0.394 e. The third-order valence-electron chi connectivity index (χ3n) is 14.3. The monoisotopic (exact) mass is 622 g/mol. The Labute approximate surface area is 265 Å². The molecule has 0 bridgehead atoms. The van der Waals surface area contributed by atoms with Gasteiger partial charge in [-0.3, -0.25) is 0 Å². The van der Waals surface area contributed by atoms with Crippen LogP contribution in [-0.4, -0.2) is 85.8 Å². The van der Waals surface area contributed by atoms with E-state index in [1.54, 1.807) is 0 Å². The van der Waals surface area contributed by atoms with Crippen LogP contribution in [0.25, 0.3) is 0 Å². The summed E-state index contributed by atoms with van der Waals surface area (Å²) in [6, 6.07) is 0. The molecule has 4 saturated carbocycles. The minimum absolute atomic E-state index is 0.0103. The SMILES string of the molecule is C/C(=C\CCC(C)(C)O)[C@H]1CC[C@@]2(C)[C@H]1[C@@H](O)CC1[C@@]3(C)CC[C@@H](O[C@@H]4O[C@H](CO)[C@@H](O)[C@H](O)[C@H]4O)C(C)(C)C3CC[C@]12C. The molecule has 44 heavy (non-hydrogen) atoms. The van der Waals surface area contributed by atoms with Crippen LogP contribution in [0.15, 0.2) is 11.6 Å². The van der Waals surface area contributed by atoms with E-state index in [0.29, 0.717) is 17.8 Å². The quantitative estimate of drug-likeness (QED) is 0.182. The van der Waals surface area contributed by atoms with Crippen molar-refractivity contribution in [2.75, 3.05) is 6.61 Å². The summed E-state index contributed by atoms with van der Waals surface area (Å²) in [5.41, 5.74) is 0.589. The summed E-state index contributed by atoms with van der Waals surface area (Å²) < 4.78 is 12.2. The molecule has 8 nitrogen and oxygen atoms in total. The Morgan fingerprint density at radius 1 is 0.886 bits per heavy atom. The van der Waals surface area contributed by atoms with Crippen LogP contribution in [0.3, 0.4) is 0 Å². The molecule has 0 spiro atoms. The minimum Gasteiger partial charge on any atom is -0.394 e. The Balaban J connectivity index is 1.36. The summed E-state index contributed by atoms with van der Waals surface area (Å²) in [6.07, 6.45) is 3.85. The lowest BCUT2D eigenvalue weighted by Crippen LogP contribution is -2.67. The molecule has 1 saturated heterocycles. The van der Waals surface area contributed by atoms with E-state index >= 15 is 0 Å². The minimum atomic E-state index is -1.45. The lowest BCUT2D eigenvalue weighted by molar-refractivity contribution is -0.331. The van der Waals surface area contributed by atoms with Crippen molar-refractivity contribution in [1.82, 2.24) is 0 Å². The van der Waals surface area contributed by atoms with Gasteiger partial charge in [0, 0.05) is 0 Å². The van der Waals surface area contributed by atoms with Gasteiger partial charge in [-0.15, -0.1) is 0 Å². The fourth-order valence-corrected chi connectivity index (χ4v) is 11.6. The number of ether oxygens (including phenoxy) is 2. The molecule has 14 atom stereocenters. The van der Waals surface area contributed by atoms with Crippen molar-refractivity contribution in [3.8, 4) is 0 Å². The maximum atomic E-state index is 12.0. The Bertz CT molecular complexity index is 1070. The van der Waals surface area contributed by atoms with Crippen LogP contribution in [0.5, 0.6) is 0 Å². The highest BCUT2D eigenvalue weighted by Gasteiger charge is 2.70. The number of hydrogen-bond donors (Lipinski definition) is 6. The molecule has 254 valence electrons. The topological polar surface area (TPSA) is 140 Å². The van der Waals surface area contributed by atoms with Crippen molar-refractivity contribution in [1.29, 1.82) is 0 Å². The molecule has 5 aliphatic rings. The van der Waals surface area contributed by atoms with Crippen LogP contribution in [-0.2, 0) is 9.47 Å². The lowest BCUT2D eigenvalue weighted by atomic mass is 9.35. The second-order valence-electron chi connectivity index (χ2n) is 17.4. The number of aliphatic hydroxyl groups is 6. The molecule has 0 aromatic rings. The molecule has 5 rings (SSSR count). The molecule has 6 N–H and O–H groups in total.